The number of amides is 1. The van der Waals surface area contributed by atoms with Crippen LogP contribution in [0.5, 0.6) is 0 Å². The van der Waals surface area contributed by atoms with Gasteiger partial charge in [-0.15, -0.1) is 4.31 Å². The van der Waals surface area contributed by atoms with E-state index in [2.05, 4.69) is 26.4 Å². The third-order valence-electron chi connectivity index (χ3n) is 6.05. The van der Waals surface area contributed by atoms with Crippen molar-refractivity contribution in [3.63, 3.8) is 0 Å². The van der Waals surface area contributed by atoms with Crippen molar-refractivity contribution in [2.75, 3.05) is 29.7 Å². The van der Waals surface area contributed by atoms with Crippen molar-refractivity contribution >= 4 is 45.6 Å². The second kappa shape index (κ2) is 12.5. The number of aromatic nitrogens is 2. The van der Waals surface area contributed by atoms with Crippen molar-refractivity contribution in [3.05, 3.63) is 58.6 Å². The Labute approximate surface area is 234 Å². The number of nitrogens with one attached hydrogen (secondary N) is 3. The smallest absolute Gasteiger partial charge is 0.407 e. The molecule has 2 atom stereocenters. The Balaban J connectivity index is 1.46. The standard InChI is InChI=1S/C27H32FN7O4S/c1-27(2,3)39-26(37)30-11-5-12-34-17-31-22-9-8-19(14-20(22)25(34)36)32-23-6-4-7-24(21(23)15-29)33-40(38)35-13-10-18(28)16-35/h4,6-9,14,17-18,32-33H,5,10-13,16H2,1-3H3,(H,30,37)/t18-,40?/m1/s1. The number of ether oxygens (including phenoxy) is 1. The number of alkyl halides is 1. The Bertz CT molecular complexity index is 1470. The maximum absolute atomic E-state index is 13.5. The van der Waals surface area contributed by atoms with Gasteiger partial charge in [-0.2, -0.15) is 9.98 Å². The molecule has 212 valence electrons. The maximum Gasteiger partial charge on any atom is 0.407 e. The van der Waals surface area contributed by atoms with Crippen molar-refractivity contribution in [1.29, 1.82) is 5.26 Å². The molecule has 2 aromatic carbocycles. The third-order valence-corrected chi connectivity index (χ3v) is 7.24. The van der Waals surface area contributed by atoms with Crippen LogP contribution in [0.25, 0.3) is 10.9 Å². The zero-order valence-electron chi connectivity index (χ0n) is 22.6. The molecule has 4 rings (SSSR count). The van der Waals surface area contributed by atoms with E-state index in [1.807, 2.05) is 0 Å². The minimum Gasteiger partial charge on any atom is -0.573 e. The molecular weight excluding hydrogens is 537 g/mol. The lowest BCUT2D eigenvalue weighted by Gasteiger charge is -2.20. The minimum absolute atomic E-state index is 0.0718. The van der Waals surface area contributed by atoms with E-state index in [-0.39, 0.29) is 17.7 Å². The lowest BCUT2D eigenvalue weighted by atomic mass is 10.1. The number of rotatable bonds is 9. The predicted molar refractivity (Wildman–Crippen MR) is 152 cm³/mol. The van der Waals surface area contributed by atoms with Crippen LogP contribution in [0.2, 0.25) is 0 Å². The number of fused-ring (bicyclic) bond motifs is 1. The summed E-state index contributed by atoms with van der Waals surface area (Å²) in [6.45, 7) is 6.46. The number of benzene rings is 2. The van der Waals surface area contributed by atoms with Gasteiger partial charge in [-0.3, -0.25) is 9.36 Å². The van der Waals surface area contributed by atoms with Crippen LogP contribution in [0.15, 0.2) is 47.5 Å². The van der Waals surface area contributed by atoms with Crippen LogP contribution in [-0.2, 0) is 22.8 Å². The molecule has 0 aliphatic carbocycles. The summed E-state index contributed by atoms with van der Waals surface area (Å²) in [7, 11) is 0. The fraction of sp³-hybridized carbons (Fsp3) is 0.407. The summed E-state index contributed by atoms with van der Waals surface area (Å²) < 4.78 is 37.2. The van der Waals surface area contributed by atoms with Crippen LogP contribution >= 0.6 is 0 Å². The lowest BCUT2D eigenvalue weighted by molar-refractivity contribution is 0.0526. The number of nitriles is 1. The third kappa shape index (κ3) is 7.41. The zero-order valence-corrected chi connectivity index (χ0v) is 23.4. The molecule has 1 fully saturated rings. The van der Waals surface area contributed by atoms with E-state index in [9.17, 15) is 23.8 Å². The normalized spacial score (nSPS) is 16.4. The summed E-state index contributed by atoms with van der Waals surface area (Å²) in [6.07, 6.45) is 0.760. The second-order valence-electron chi connectivity index (χ2n) is 10.3. The molecule has 1 saturated heterocycles. The van der Waals surface area contributed by atoms with Gasteiger partial charge in [0.25, 0.3) is 5.56 Å². The maximum atomic E-state index is 13.5. The van der Waals surface area contributed by atoms with Gasteiger partial charge >= 0.3 is 6.09 Å². The SMILES string of the molecule is CC(C)(C)OC(=O)NCCCn1cnc2ccc(Nc3cccc(N[S+]([O-])N4CC[C@@H](F)C4)c3C#N)cc2c1=O. The molecule has 11 nitrogen and oxygen atoms in total. The summed E-state index contributed by atoms with van der Waals surface area (Å²) in [5, 5.41) is 16.1. The molecule has 2 heterocycles. The van der Waals surface area contributed by atoms with Crippen molar-refractivity contribution in [2.45, 2.75) is 51.9 Å². The summed E-state index contributed by atoms with van der Waals surface area (Å²) in [5.74, 6) is 0. The highest BCUT2D eigenvalue weighted by atomic mass is 32.2. The first-order valence-corrected chi connectivity index (χ1v) is 14.0. The minimum atomic E-state index is -1.69. The van der Waals surface area contributed by atoms with E-state index in [4.69, 9.17) is 4.74 Å². The molecule has 0 bridgehead atoms. The van der Waals surface area contributed by atoms with Gasteiger partial charge in [0, 0.05) is 25.3 Å². The summed E-state index contributed by atoms with van der Waals surface area (Å²) in [5.41, 5.74) is 1.27. The van der Waals surface area contributed by atoms with E-state index in [1.54, 1.807) is 57.2 Å². The molecule has 0 radical (unpaired) electrons. The highest BCUT2D eigenvalue weighted by molar-refractivity contribution is 7.90. The van der Waals surface area contributed by atoms with Gasteiger partial charge in [-0.05, 0) is 63.9 Å². The van der Waals surface area contributed by atoms with Crippen molar-refractivity contribution < 1.29 is 18.5 Å². The van der Waals surface area contributed by atoms with Crippen molar-refractivity contribution in [2.24, 2.45) is 0 Å². The Kier molecular flexibility index (Phi) is 9.14. The van der Waals surface area contributed by atoms with E-state index in [0.717, 1.165) is 0 Å². The number of hydrogen-bond acceptors (Lipinski definition) is 9. The first-order valence-electron chi connectivity index (χ1n) is 12.9. The molecule has 1 aliphatic heterocycles. The number of carbonyl (C=O) groups is 1. The average molecular weight is 570 g/mol. The van der Waals surface area contributed by atoms with Crippen molar-refractivity contribution in [3.8, 4) is 6.07 Å². The topological polar surface area (TPSA) is 147 Å². The first kappa shape index (κ1) is 29.1. The molecule has 1 aromatic heterocycles. The van der Waals surface area contributed by atoms with E-state index >= 15 is 0 Å². The van der Waals surface area contributed by atoms with Crippen LogP contribution in [0.1, 0.15) is 39.2 Å². The number of aryl methyl sites for hydroxylation is 1. The molecule has 13 heteroatoms. The van der Waals surface area contributed by atoms with Crippen LogP contribution in [-0.4, -0.2) is 55.9 Å². The molecule has 40 heavy (non-hydrogen) atoms. The van der Waals surface area contributed by atoms with E-state index < -0.39 is 29.4 Å². The van der Waals surface area contributed by atoms with Crippen LogP contribution < -0.4 is 20.9 Å². The number of hydrogen-bond donors (Lipinski definition) is 3. The Morgan fingerprint density at radius 2 is 2.08 bits per heavy atom. The quantitative estimate of drug-likeness (QED) is 0.257. The Morgan fingerprint density at radius 1 is 1.30 bits per heavy atom. The van der Waals surface area contributed by atoms with Gasteiger partial charge in [0.05, 0.1) is 29.5 Å². The monoisotopic (exact) mass is 569 g/mol. The van der Waals surface area contributed by atoms with Gasteiger partial charge in [0.15, 0.2) is 11.5 Å². The lowest BCUT2D eigenvalue weighted by Crippen LogP contribution is -2.34. The Hall–Kier alpha value is -3.86. The van der Waals surface area contributed by atoms with Gasteiger partial charge in [-0.1, -0.05) is 6.07 Å². The van der Waals surface area contributed by atoms with Crippen LogP contribution in [0.4, 0.5) is 26.2 Å². The number of carbonyl (C=O) groups excluding carboxylic acids is 1. The molecule has 3 aromatic rings. The highest BCUT2D eigenvalue weighted by Gasteiger charge is 2.32. The largest absolute Gasteiger partial charge is 0.573 e. The van der Waals surface area contributed by atoms with Crippen LogP contribution in [0.3, 0.4) is 0 Å². The highest BCUT2D eigenvalue weighted by Crippen LogP contribution is 2.29. The van der Waals surface area contributed by atoms with Gasteiger partial charge in [0.2, 0.25) is 0 Å². The zero-order chi connectivity index (χ0) is 28.9. The summed E-state index contributed by atoms with van der Waals surface area (Å²) >= 11 is -1.69. The second-order valence-corrected chi connectivity index (χ2v) is 11.6. The van der Waals surface area contributed by atoms with Gasteiger partial charge < -0.3 is 19.9 Å². The summed E-state index contributed by atoms with van der Waals surface area (Å²) in [6, 6.07) is 12.3. The Morgan fingerprint density at radius 3 is 2.77 bits per heavy atom. The van der Waals surface area contributed by atoms with E-state index in [1.165, 1.54) is 15.2 Å². The van der Waals surface area contributed by atoms with Gasteiger partial charge in [-0.25, -0.2) is 14.2 Å². The number of anilines is 3. The number of nitrogens with zero attached hydrogens (tertiary/aromatic N) is 4. The number of alkyl carbamates (subject to hydrolysis) is 1. The van der Waals surface area contributed by atoms with E-state index in [0.29, 0.717) is 60.4 Å². The average Bonchev–Trinajstić information content (AvgIpc) is 3.33. The molecule has 0 saturated carbocycles. The van der Waals surface area contributed by atoms with Crippen molar-refractivity contribution in [1.82, 2.24) is 19.2 Å². The number of halogens is 1. The molecule has 1 amide bonds. The molecule has 3 N–H and O–H groups in total. The molecule has 0 spiro atoms. The molecule has 1 aliphatic rings. The first-order chi connectivity index (χ1) is 19.0. The molecular formula is C27H32FN7O4S. The van der Waals surface area contributed by atoms with Gasteiger partial charge in [0.1, 0.15) is 29.1 Å². The predicted octanol–water partition coefficient (Wildman–Crippen LogP) is 3.96. The molecule has 1 unspecified atom stereocenters. The summed E-state index contributed by atoms with van der Waals surface area (Å²) in [4.78, 5) is 29.3. The fourth-order valence-corrected chi connectivity index (χ4v) is 5.22. The fourth-order valence-electron chi connectivity index (χ4n) is 4.16. The van der Waals surface area contributed by atoms with Crippen LogP contribution in [0, 0.1) is 11.3 Å².